The number of amides is 1. The van der Waals surface area contributed by atoms with Crippen molar-refractivity contribution in [3.05, 3.63) is 29.8 Å². The molecule has 0 N–H and O–H groups in total. The number of carbonyl (C=O) groups is 1. The summed E-state index contributed by atoms with van der Waals surface area (Å²) >= 11 is 0. The highest BCUT2D eigenvalue weighted by Gasteiger charge is 2.44. The summed E-state index contributed by atoms with van der Waals surface area (Å²) in [6, 6.07) is 8.06. The van der Waals surface area contributed by atoms with Crippen molar-refractivity contribution in [2.24, 2.45) is 5.41 Å². The van der Waals surface area contributed by atoms with E-state index in [1.54, 1.807) is 5.01 Å². The Morgan fingerprint density at radius 2 is 1.76 bits per heavy atom. The fourth-order valence-electron chi connectivity index (χ4n) is 2.55. The van der Waals surface area contributed by atoms with Crippen LogP contribution in [-0.2, 0) is 4.79 Å². The smallest absolute Gasteiger partial charge is 0.249 e. The molecule has 0 saturated heterocycles. The first-order valence-electron chi connectivity index (χ1n) is 5.94. The van der Waals surface area contributed by atoms with Crippen LogP contribution in [0, 0.1) is 5.41 Å². The van der Waals surface area contributed by atoms with Crippen LogP contribution in [0.5, 0.6) is 0 Å². The molecule has 3 heteroatoms. The number of nitrogens with zero attached hydrogens (tertiary/aromatic N) is 2. The standard InChI is InChI=1S/C14H20N2O/c1-14(2,3)12-10-8-6-7-9-11(10)16(13(12)17)15(4)5/h6-9,12H,1-5H3. The van der Waals surface area contributed by atoms with Crippen LogP contribution >= 0.6 is 0 Å². The third kappa shape index (κ3) is 1.84. The van der Waals surface area contributed by atoms with Crippen LogP contribution < -0.4 is 5.01 Å². The van der Waals surface area contributed by atoms with Gasteiger partial charge in [-0.15, -0.1) is 0 Å². The summed E-state index contributed by atoms with van der Waals surface area (Å²) in [6.07, 6.45) is 0. The first-order valence-corrected chi connectivity index (χ1v) is 5.94. The lowest BCUT2D eigenvalue weighted by atomic mass is 9.77. The summed E-state index contributed by atoms with van der Waals surface area (Å²) in [4.78, 5) is 12.5. The molecular weight excluding hydrogens is 212 g/mol. The summed E-state index contributed by atoms with van der Waals surface area (Å²) in [6.45, 7) is 6.35. The van der Waals surface area contributed by atoms with Gasteiger partial charge in [-0.2, -0.15) is 0 Å². The third-order valence-corrected chi connectivity index (χ3v) is 3.20. The number of hydrogen-bond donors (Lipinski definition) is 0. The lowest BCUT2D eigenvalue weighted by Gasteiger charge is -2.28. The van der Waals surface area contributed by atoms with Crippen molar-refractivity contribution in [2.45, 2.75) is 26.7 Å². The van der Waals surface area contributed by atoms with Crippen molar-refractivity contribution in [2.75, 3.05) is 19.1 Å². The van der Waals surface area contributed by atoms with Gasteiger partial charge >= 0.3 is 0 Å². The SMILES string of the molecule is CN(C)N1C(=O)C(C(C)(C)C)c2ccccc21. The van der Waals surface area contributed by atoms with E-state index in [2.05, 4.69) is 26.8 Å². The van der Waals surface area contributed by atoms with Crippen molar-refractivity contribution in [1.82, 2.24) is 5.01 Å². The van der Waals surface area contributed by atoms with E-state index in [9.17, 15) is 4.79 Å². The predicted octanol–water partition coefficient (Wildman–Crippen LogP) is 2.64. The van der Waals surface area contributed by atoms with Crippen LogP contribution in [0.4, 0.5) is 5.69 Å². The Morgan fingerprint density at radius 1 is 1.18 bits per heavy atom. The van der Waals surface area contributed by atoms with E-state index in [-0.39, 0.29) is 17.2 Å². The second-order valence-electron chi connectivity index (χ2n) is 5.86. The second kappa shape index (κ2) is 3.84. The van der Waals surface area contributed by atoms with Gasteiger partial charge in [-0.3, -0.25) is 4.79 Å². The number of para-hydroxylation sites is 1. The molecule has 0 bridgehead atoms. The van der Waals surface area contributed by atoms with Gasteiger partial charge in [0.25, 0.3) is 0 Å². The summed E-state index contributed by atoms with van der Waals surface area (Å²) in [5, 5.41) is 3.62. The molecule has 17 heavy (non-hydrogen) atoms. The number of benzene rings is 1. The van der Waals surface area contributed by atoms with Gasteiger partial charge in [-0.1, -0.05) is 39.0 Å². The molecule has 1 aliphatic heterocycles. The molecule has 0 aromatic heterocycles. The van der Waals surface area contributed by atoms with Gasteiger partial charge in [0.15, 0.2) is 0 Å². The minimum Gasteiger partial charge on any atom is -0.272 e. The highest BCUT2D eigenvalue weighted by Crippen LogP contribution is 2.46. The normalized spacial score (nSPS) is 20.0. The van der Waals surface area contributed by atoms with E-state index >= 15 is 0 Å². The molecule has 1 aliphatic rings. The third-order valence-electron chi connectivity index (χ3n) is 3.20. The molecule has 1 aromatic carbocycles. The van der Waals surface area contributed by atoms with Gasteiger partial charge in [-0.25, -0.2) is 10.0 Å². The molecule has 1 heterocycles. The number of carbonyl (C=O) groups excluding carboxylic acids is 1. The minimum absolute atomic E-state index is 0.0545. The molecule has 3 nitrogen and oxygen atoms in total. The highest BCUT2D eigenvalue weighted by atomic mass is 16.2. The van der Waals surface area contributed by atoms with Gasteiger partial charge in [0, 0.05) is 14.1 Å². The monoisotopic (exact) mass is 232 g/mol. The largest absolute Gasteiger partial charge is 0.272 e. The average Bonchev–Trinajstić information content (AvgIpc) is 2.48. The number of anilines is 1. The van der Waals surface area contributed by atoms with Crippen LogP contribution in [0.1, 0.15) is 32.3 Å². The molecule has 1 unspecified atom stereocenters. The Hall–Kier alpha value is -1.35. The zero-order valence-electron chi connectivity index (χ0n) is 11.2. The van der Waals surface area contributed by atoms with E-state index in [1.165, 1.54) is 0 Å². The molecule has 0 radical (unpaired) electrons. The number of fused-ring (bicyclic) bond motifs is 1. The Kier molecular flexibility index (Phi) is 2.74. The Bertz CT molecular complexity index is 446. The number of rotatable bonds is 1. The van der Waals surface area contributed by atoms with Crippen LogP contribution in [-0.4, -0.2) is 25.0 Å². The van der Waals surface area contributed by atoms with Crippen LogP contribution in [0.2, 0.25) is 0 Å². The van der Waals surface area contributed by atoms with Gasteiger partial charge in [0.1, 0.15) is 0 Å². The van der Waals surface area contributed by atoms with Gasteiger partial charge in [0.05, 0.1) is 11.6 Å². The number of hydrazine groups is 1. The topological polar surface area (TPSA) is 23.6 Å². The predicted molar refractivity (Wildman–Crippen MR) is 69.8 cm³/mol. The zero-order chi connectivity index (χ0) is 12.8. The van der Waals surface area contributed by atoms with Gasteiger partial charge < -0.3 is 0 Å². The van der Waals surface area contributed by atoms with Crippen molar-refractivity contribution in [3.63, 3.8) is 0 Å². The summed E-state index contributed by atoms with van der Waals surface area (Å²) in [7, 11) is 3.80. The van der Waals surface area contributed by atoms with E-state index in [4.69, 9.17) is 0 Å². The highest BCUT2D eigenvalue weighted by molar-refractivity contribution is 6.04. The van der Waals surface area contributed by atoms with Crippen LogP contribution in [0.25, 0.3) is 0 Å². The number of hydrogen-bond acceptors (Lipinski definition) is 2. The fourth-order valence-corrected chi connectivity index (χ4v) is 2.55. The summed E-state index contributed by atoms with van der Waals surface area (Å²) in [5.74, 6) is 0.116. The summed E-state index contributed by atoms with van der Waals surface area (Å²) < 4.78 is 0. The first kappa shape index (κ1) is 12.1. The molecule has 0 fully saturated rings. The molecule has 0 saturated carbocycles. The quantitative estimate of drug-likeness (QED) is 0.743. The van der Waals surface area contributed by atoms with E-state index < -0.39 is 0 Å². The molecule has 0 spiro atoms. The molecule has 1 atom stereocenters. The molecule has 0 aliphatic carbocycles. The van der Waals surface area contributed by atoms with E-state index in [0.29, 0.717) is 0 Å². The molecule has 2 rings (SSSR count). The van der Waals surface area contributed by atoms with Gasteiger partial charge in [0.2, 0.25) is 5.91 Å². The van der Waals surface area contributed by atoms with Crippen LogP contribution in [0.15, 0.2) is 24.3 Å². The maximum absolute atomic E-state index is 12.5. The molecule has 1 amide bonds. The minimum atomic E-state index is -0.0576. The van der Waals surface area contributed by atoms with E-state index in [1.807, 2.05) is 37.3 Å². The molecular formula is C14H20N2O. The van der Waals surface area contributed by atoms with Crippen molar-refractivity contribution >= 4 is 11.6 Å². The Morgan fingerprint density at radius 3 is 2.29 bits per heavy atom. The zero-order valence-corrected chi connectivity index (χ0v) is 11.2. The lowest BCUT2D eigenvalue weighted by molar-refractivity contribution is -0.123. The molecule has 92 valence electrons. The average molecular weight is 232 g/mol. The second-order valence-corrected chi connectivity index (χ2v) is 5.86. The van der Waals surface area contributed by atoms with E-state index in [0.717, 1.165) is 11.3 Å². The van der Waals surface area contributed by atoms with Crippen molar-refractivity contribution in [1.29, 1.82) is 0 Å². The summed E-state index contributed by atoms with van der Waals surface area (Å²) in [5.41, 5.74) is 2.10. The maximum Gasteiger partial charge on any atom is 0.249 e. The Labute approximate surface area is 103 Å². The maximum atomic E-state index is 12.5. The van der Waals surface area contributed by atoms with Crippen molar-refractivity contribution < 1.29 is 4.79 Å². The van der Waals surface area contributed by atoms with Gasteiger partial charge in [-0.05, 0) is 17.0 Å². The first-order chi connectivity index (χ1) is 7.84. The lowest BCUT2D eigenvalue weighted by Crippen LogP contribution is -2.42. The fraction of sp³-hybridized carbons (Fsp3) is 0.500. The molecule has 1 aromatic rings. The Balaban J connectivity index is 2.57. The van der Waals surface area contributed by atoms with Crippen LogP contribution in [0.3, 0.4) is 0 Å². The van der Waals surface area contributed by atoms with Crippen molar-refractivity contribution in [3.8, 4) is 0 Å².